The first-order valence-electron chi connectivity index (χ1n) is 7.49. The minimum absolute atomic E-state index is 0.125. The highest BCUT2D eigenvalue weighted by atomic mass is 32.2. The van der Waals surface area contributed by atoms with Crippen molar-refractivity contribution in [3.63, 3.8) is 0 Å². The molecule has 3 rings (SSSR count). The third kappa shape index (κ3) is 4.22. The van der Waals surface area contributed by atoms with Crippen LogP contribution in [-0.4, -0.2) is 26.6 Å². The van der Waals surface area contributed by atoms with Gasteiger partial charge < -0.3 is 4.42 Å². The van der Waals surface area contributed by atoms with Crippen molar-refractivity contribution in [3.05, 3.63) is 66.1 Å². The molecule has 6 nitrogen and oxygen atoms in total. The molecule has 27 heavy (non-hydrogen) atoms. The van der Waals surface area contributed by atoms with Crippen LogP contribution in [0.5, 0.6) is 0 Å². The zero-order valence-electron chi connectivity index (χ0n) is 13.8. The highest BCUT2D eigenvalue weighted by molar-refractivity contribution is 7.93. The van der Waals surface area contributed by atoms with Crippen LogP contribution in [0.15, 0.2) is 68.3 Å². The van der Waals surface area contributed by atoms with Crippen LogP contribution in [-0.2, 0) is 15.9 Å². The third-order valence-electron chi connectivity index (χ3n) is 3.48. The predicted molar refractivity (Wildman–Crippen MR) is 90.3 cm³/mol. The van der Waals surface area contributed by atoms with Gasteiger partial charge in [0.25, 0.3) is 5.91 Å². The van der Waals surface area contributed by atoms with E-state index in [0.717, 1.165) is 0 Å². The molecule has 0 spiro atoms. The molecule has 140 valence electrons. The topological polar surface area (TPSA) is 85.4 Å². The molecule has 0 aliphatic heterocycles. The molecule has 3 aromatic rings. The lowest BCUT2D eigenvalue weighted by Crippen LogP contribution is -2.04. The summed E-state index contributed by atoms with van der Waals surface area (Å²) in [6.07, 6.45) is -3.38. The van der Waals surface area contributed by atoms with E-state index >= 15 is 0 Å². The summed E-state index contributed by atoms with van der Waals surface area (Å²) in [5.41, 5.74) is 0.328. The smallest absolute Gasteiger partial charge is 0.413 e. The summed E-state index contributed by atoms with van der Waals surface area (Å²) < 4.78 is 58.5. The monoisotopic (exact) mass is 395 g/mol. The van der Waals surface area contributed by atoms with E-state index in [-0.39, 0.29) is 17.0 Å². The lowest BCUT2D eigenvalue weighted by atomic mass is 10.1. The molecule has 1 heterocycles. The number of carbonyl (C=O) groups is 1. The van der Waals surface area contributed by atoms with Crippen molar-refractivity contribution in [3.8, 4) is 11.5 Å². The highest BCUT2D eigenvalue weighted by Gasteiger charge is 2.38. The molecule has 0 aliphatic rings. The Bertz CT molecular complexity index is 1080. The van der Waals surface area contributed by atoms with Gasteiger partial charge in [0.2, 0.25) is 5.89 Å². The molecule has 1 aromatic heterocycles. The number of benzene rings is 2. The van der Waals surface area contributed by atoms with Crippen LogP contribution in [0.1, 0.15) is 16.2 Å². The van der Waals surface area contributed by atoms with Crippen molar-refractivity contribution >= 4 is 15.6 Å². The normalized spacial score (nSPS) is 13.8. The molecular formula is C17H12F3N3O3S. The molecule has 0 saturated heterocycles. The van der Waals surface area contributed by atoms with Gasteiger partial charge in [-0.1, -0.05) is 18.2 Å². The minimum Gasteiger partial charge on any atom is -0.413 e. The van der Waals surface area contributed by atoms with Crippen molar-refractivity contribution in [2.45, 2.75) is 11.1 Å². The fraction of sp³-hybridized carbons (Fsp3) is 0.118. The maximum atomic E-state index is 12.6. The van der Waals surface area contributed by atoms with Crippen molar-refractivity contribution in [1.82, 2.24) is 10.2 Å². The molecule has 2 aromatic carbocycles. The van der Waals surface area contributed by atoms with Crippen molar-refractivity contribution in [2.24, 2.45) is 4.36 Å². The van der Waals surface area contributed by atoms with E-state index in [0.29, 0.717) is 4.90 Å². The predicted octanol–water partition coefficient (Wildman–Crippen LogP) is 4.05. The van der Waals surface area contributed by atoms with E-state index in [1.165, 1.54) is 30.5 Å². The number of carbonyl (C=O) groups excluding carboxylic acids is 1. The number of amides is 1. The maximum absolute atomic E-state index is 12.6. The second-order valence-electron chi connectivity index (χ2n) is 5.50. The molecule has 0 N–H and O–H groups in total. The average molecular weight is 395 g/mol. The Balaban J connectivity index is 1.85. The highest BCUT2D eigenvalue weighted by Crippen LogP contribution is 2.30. The Morgan fingerprint density at radius 3 is 2.22 bits per heavy atom. The Morgan fingerprint density at radius 1 is 1.04 bits per heavy atom. The second-order valence-corrected chi connectivity index (χ2v) is 7.76. The summed E-state index contributed by atoms with van der Waals surface area (Å²) >= 11 is 0. The van der Waals surface area contributed by atoms with Crippen LogP contribution >= 0.6 is 0 Å². The summed E-state index contributed by atoms with van der Waals surface area (Å²) in [4.78, 5) is 12.7. The molecule has 0 aliphatic carbocycles. The second kappa shape index (κ2) is 6.95. The zero-order chi connectivity index (χ0) is 19.7. The molecule has 1 amide bonds. The summed E-state index contributed by atoms with van der Waals surface area (Å²) in [6.45, 7) is 0. The Kier molecular flexibility index (Phi) is 4.83. The number of rotatable bonds is 3. The van der Waals surface area contributed by atoms with Gasteiger partial charge in [0.05, 0.1) is 9.73 Å². The molecular weight excluding hydrogens is 383 g/mol. The van der Waals surface area contributed by atoms with E-state index in [1.807, 2.05) is 0 Å². The molecule has 0 fully saturated rings. The first kappa shape index (κ1) is 18.8. The lowest BCUT2D eigenvalue weighted by molar-refractivity contribution is -0.156. The quantitative estimate of drug-likeness (QED) is 0.668. The van der Waals surface area contributed by atoms with Gasteiger partial charge in [-0.15, -0.1) is 10.2 Å². The number of aromatic nitrogens is 2. The first-order valence-corrected chi connectivity index (χ1v) is 9.42. The Hall–Kier alpha value is -3.01. The van der Waals surface area contributed by atoms with E-state index in [9.17, 15) is 22.2 Å². The van der Waals surface area contributed by atoms with Gasteiger partial charge in [-0.3, -0.25) is 4.79 Å². The lowest BCUT2D eigenvalue weighted by Gasteiger charge is -2.04. The first-order chi connectivity index (χ1) is 12.7. The van der Waals surface area contributed by atoms with Crippen LogP contribution < -0.4 is 0 Å². The van der Waals surface area contributed by atoms with Gasteiger partial charge in [0.15, 0.2) is 0 Å². The SMILES string of the molecule is CS(=O)(=NC(=O)c1ccc(-c2nnc(C(F)(F)F)o2)cc1)c1ccccc1. The number of halogens is 3. The zero-order valence-corrected chi connectivity index (χ0v) is 14.6. The van der Waals surface area contributed by atoms with Crippen LogP contribution in [0.3, 0.4) is 0 Å². The van der Waals surface area contributed by atoms with Gasteiger partial charge in [-0.05, 0) is 36.4 Å². The standard InChI is InChI=1S/C17H12F3N3O3S/c1-27(25,13-5-3-2-4-6-13)23-14(24)11-7-9-12(10-8-11)15-21-22-16(26-15)17(18,19)20/h2-10H,1H3. The van der Waals surface area contributed by atoms with E-state index in [2.05, 4.69) is 19.0 Å². The van der Waals surface area contributed by atoms with Crippen LogP contribution in [0.2, 0.25) is 0 Å². The molecule has 1 unspecified atom stereocenters. The molecule has 0 radical (unpaired) electrons. The molecule has 10 heteroatoms. The molecule has 0 saturated carbocycles. The van der Waals surface area contributed by atoms with E-state index in [4.69, 9.17) is 0 Å². The van der Waals surface area contributed by atoms with Crippen molar-refractivity contribution in [1.29, 1.82) is 0 Å². The van der Waals surface area contributed by atoms with Gasteiger partial charge in [0.1, 0.15) is 0 Å². The third-order valence-corrected chi connectivity index (χ3v) is 5.15. The minimum atomic E-state index is -4.74. The summed E-state index contributed by atoms with van der Waals surface area (Å²) in [5.74, 6) is -2.50. The van der Waals surface area contributed by atoms with Crippen LogP contribution in [0, 0.1) is 0 Å². The molecule has 1 atom stereocenters. The van der Waals surface area contributed by atoms with Crippen molar-refractivity contribution in [2.75, 3.05) is 6.26 Å². The van der Waals surface area contributed by atoms with Gasteiger partial charge in [-0.25, -0.2) is 4.21 Å². The number of hydrogen-bond donors (Lipinski definition) is 0. The summed E-state index contributed by atoms with van der Waals surface area (Å²) in [7, 11) is -2.92. The van der Waals surface area contributed by atoms with Gasteiger partial charge in [-0.2, -0.15) is 17.5 Å². The van der Waals surface area contributed by atoms with E-state index in [1.54, 1.807) is 30.3 Å². The van der Waals surface area contributed by atoms with Crippen molar-refractivity contribution < 1.29 is 26.6 Å². The number of hydrogen-bond acceptors (Lipinski definition) is 5. The summed E-state index contributed by atoms with van der Waals surface area (Å²) in [5, 5.41) is 6.27. The van der Waals surface area contributed by atoms with Gasteiger partial charge in [0, 0.05) is 22.3 Å². The molecule has 0 bridgehead atoms. The fourth-order valence-corrected chi connectivity index (χ4v) is 3.34. The largest absolute Gasteiger partial charge is 0.470 e. The van der Waals surface area contributed by atoms with Crippen LogP contribution in [0.25, 0.3) is 11.5 Å². The Morgan fingerprint density at radius 2 is 1.67 bits per heavy atom. The van der Waals surface area contributed by atoms with Gasteiger partial charge >= 0.3 is 12.1 Å². The number of alkyl halides is 3. The van der Waals surface area contributed by atoms with Crippen LogP contribution in [0.4, 0.5) is 13.2 Å². The maximum Gasteiger partial charge on any atom is 0.470 e. The summed E-state index contributed by atoms with van der Waals surface area (Å²) in [6, 6.07) is 13.7. The van der Waals surface area contributed by atoms with E-state index < -0.39 is 27.7 Å². The average Bonchev–Trinajstić information content (AvgIpc) is 3.13. The fourth-order valence-electron chi connectivity index (χ4n) is 2.15. The Labute approximate surface area is 152 Å². The number of nitrogens with zero attached hydrogens (tertiary/aromatic N) is 3.